The molecule has 4 nitrogen and oxygen atoms in total. The first kappa shape index (κ1) is 23.4. The Morgan fingerprint density at radius 2 is 1.18 bits per heavy atom. The first-order chi connectivity index (χ1) is 16.5. The van der Waals surface area contributed by atoms with Gasteiger partial charge in [0, 0.05) is 35.4 Å². The minimum atomic E-state index is -0.411. The third-order valence-corrected chi connectivity index (χ3v) is 5.83. The van der Waals surface area contributed by atoms with Gasteiger partial charge in [-0.15, -0.1) is 0 Å². The minimum absolute atomic E-state index is 0.405. The zero-order chi connectivity index (χ0) is 24.2. The zero-order valence-electron chi connectivity index (χ0n) is 19.7. The van der Waals surface area contributed by atoms with Gasteiger partial charge in [0.25, 0.3) is 0 Å². The van der Waals surface area contributed by atoms with Crippen molar-refractivity contribution in [1.82, 2.24) is 4.57 Å². The van der Waals surface area contributed by atoms with Crippen LogP contribution in [0.25, 0.3) is 33.6 Å². The van der Waals surface area contributed by atoms with E-state index < -0.39 is 11.6 Å². The van der Waals surface area contributed by atoms with Gasteiger partial charge in [0.2, 0.25) is 0 Å². The van der Waals surface area contributed by atoms with Gasteiger partial charge in [0.05, 0.1) is 32.7 Å². The Bertz CT molecular complexity index is 1300. The molecule has 6 heteroatoms. The second-order valence-electron chi connectivity index (χ2n) is 7.86. The summed E-state index contributed by atoms with van der Waals surface area (Å²) in [6.45, 7) is 2.62. The van der Waals surface area contributed by atoms with Crippen molar-refractivity contribution >= 4 is 0 Å². The van der Waals surface area contributed by atoms with Crippen LogP contribution in [-0.4, -0.2) is 25.9 Å². The summed E-state index contributed by atoms with van der Waals surface area (Å²) in [6, 6.07) is 19.0. The highest BCUT2D eigenvalue weighted by atomic mass is 19.1. The van der Waals surface area contributed by atoms with E-state index in [1.165, 1.54) is 26.4 Å². The molecule has 176 valence electrons. The zero-order valence-corrected chi connectivity index (χ0v) is 19.7. The monoisotopic (exact) mass is 463 g/mol. The summed E-state index contributed by atoms with van der Waals surface area (Å²) in [5.74, 6) is 0.771. The van der Waals surface area contributed by atoms with Crippen molar-refractivity contribution in [2.24, 2.45) is 0 Å². The van der Waals surface area contributed by atoms with E-state index in [1.54, 1.807) is 31.4 Å². The maximum absolute atomic E-state index is 15.3. The quantitative estimate of drug-likeness (QED) is 0.277. The summed E-state index contributed by atoms with van der Waals surface area (Å²) < 4.78 is 48.2. The maximum Gasteiger partial charge on any atom is 0.136 e. The SMILES string of the molecule is CCCn1c(-c2ccc(OC)cc2F)cc(-c2ccc(OC)cc2)c1-c1ccc(OC)cc1F. The Labute approximate surface area is 198 Å². The van der Waals surface area contributed by atoms with Crippen LogP contribution in [0.5, 0.6) is 17.2 Å². The molecule has 0 bridgehead atoms. The molecule has 0 spiro atoms. The first-order valence-corrected chi connectivity index (χ1v) is 11.1. The fraction of sp³-hybridized carbons (Fsp3) is 0.214. The molecule has 0 amide bonds. The van der Waals surface area contributed by atoms with Crippen molar-refractivity contribution in [3.8, 4) is 50.9 Å². The number of aromatic nitrogens is 1. The number of benzene rings is 3. The molecule has 3 aromatic carbocycles. The highest BCUT2D eigenvalue weighted by Gasteiger charge is 2.23. The minimum Gasteiger partial charge on any atom is -0.497 e. The van der Waals surface area contributed by atoms with Crippen molar-refractivity contribution in [1.29, 1.82) is 0 Å². The Morgan fingerprint density at radius 3 is 1.68 bits per heavy atom. The first-order valence-electron chi connectivity index (χ1n) is 11.1. The van der Waals surface area contributed by atoms with Gasteiger partial charge in [-0.1, -0.05) is 19.1 Å². The number of hydrogen-bond donors (Lipinski definition) is 0. The highest BCUT2D eigenvalue weighted by Crippen LogP contribution is 2.42. The van der Waals surface area contributed by atoms with Crippen molar-refractivity contribution in [3.05, 3.63) is 78.4 Å². The molecule has 4 aromatic rings. The van der Waals surface area contributed by atoms with Crippen LogP contribution >= 0.6 is 0 Å². The lowest BCUT2D eigenvalue weighted by Gasteiger charge is -2.16. The van der Waals surface area contributed by atoms with Gasteiger partial charge in [-0.3, -0.25) is 0 Å². The molecule has 0 atom stereocenters. The van der Waals surface area contributed by atoms with Crippen molar-refractivity contribution in [2.75, 3.05) is 21.3 Å². The lowest BCUT2D eigenvalue weighted by atomic mass is 10.00. The van der Waals surface area contributed by atoms with E-state index in [0.717, 1.165) is 23.3 Å². The molecule has 1 heterocycles. The molecule has 0 saturated carbocycles. The molecular formula is C28H27F2NO3. The number of halogens is 2. The Balaban J connectivity index is 2.02. The van der Waals surface area contributed by atoms with E-state index in [-0.39, 0.29) is 0 Å². The van der Waals surface area contributed by atoms with E-state index in [4.69, 9.17) is 14.2 Å². The third-order valence-electron chi connectivity index (χ3n) is 5.83. The molecule has 0 aliphatic heterocycles. The van der Waals surface area contributed by atoms with Gasteiger partial charge in [-0.05, 0) is 54.4 Å². The Kier molecular flexibility index (Phi) is 6.87. The van der Waals surface area contributed by atoms with E-state index in [9.17, 15) is 0 Å². The van der Waals surface area contributed by atoms with Crippen LogP contribution in [0, 0.1) is 11.6 Å². The number of ether oxygens (including phenoxy) is 3. The number of rotatable bonds is 8. The predicted octanol–water partition coefficient (Wildman–Crippen LogP) is 7.20. The Hall–Kier alpha value is -3.80. The second-order valence-corrected chi connectivity index (χ2v) is 7.86. The lowest BCUT2D eigenvalue weighted by molar-refractivity contribution is 0.411. The van der Waals surface area contributed by atoms with Crippen molar-refractivity contribution in [2.45, 2.75) is 19.9 Å². The average molecular weight is 464 g/mol. The summed E-state index contributed by atoms with van der Waals surface area (Å²) >= 11 is 0. The van der Waals surface area contributed by atoms with Gasteiger partial charge < -0.3 is 18.8 Å². The molecule has 0 aliphatic carbocycles. The third kappa shape index (κ3) is 4.36. The van der Waals surface area contributed by atoms with Gasteiger partial charge in [-0.25, -0.2) is 8.78 Å². The smallest absolute Gasteiger partial charge is 0.136 e. The summed E-state index contributed by atoms with van der Waals surface area (Å²) in [5, 5.41) is 0. The molecule has 0 radical (unpaired) electrons. The average Bonchev–Trinajstić information content (AvgIpc) is 3.22. The standard InChI is InChI=1S/C28H27F2NO3/c1-5-14-31-27(22-12-10-20(33-3)15-25(22)29)17-24(18-6-8-19(32-2)9-7-18)28(31)23-13-11-21(34-4)16-26(23)30/h6-13,15-17H,5,14H2,1-4H3. The second kappa shape index (κ2) is 10.00. The number of nitrogens with zero attached hydrogens (tertiary/aromatic N) is 1. The lowest BCUT2D eigenvalue weighted by Crippen LogP contribution is -2.04. The number of hydrogen-bond acceptors (Lipinski definition) is 3. The Morgan fingerprint density at radius 1 is 0.647 bits per heavy atom. The molecule has 4 rings (SSSR count). The summed E-state index contributed by atoms with van der Waals surface area (Å²) in [6.07, 6.45) is 0.784. The summed E-state index contributed by atoms with van der Waals surface area (Å²) in [7, 11) is 4.61. The van der Waals surface area contributed by atoms with E-state index in [0.29, 0.717) is 40.6 Å². The topological polar surface area (TPSA) is 32.6 Å². The van der Waals surface area contributed by atoms with Gasteiger partial charge in [0.1, 0.15) is 28.9 Å². The highest BCUT2D eigenvalue weighted by molar-refractivity contribution is 5.87. The molecule has 0 fully saturated rings. The van der Waals surface area contributed by atoms with Crippen molar-refractivity contribution in [3.63, 3.8) is 0 Å². The van der Waals surface area contributed by atoms with Crippen LogP contribution in [0.1, 0.15) is 13.3 Å². The van der Waals surface area contributed by atoms with Crippen LogP contribution < -0.4 is 14.2 Å². The van der Waals surface area contributed by atoms with Crippen LogP contribution in [0.15, 0.2) is 66.7 Å². The predicted molar refractivity (Wildman–Crippen MR) is 131 cm³/mol. The van der Waals surface area contributed by atoms with Crippen LogP contribution in [0.3, 0.4) is 0 Å². The van der Waals surface area contributed by atoms with Crippen LogP contribution in [0.4, 0.5) is 8.78 Å². The van der Waals surface area contributed by atoms with Crippen LogP contribution in [0.2, 0.25) is 0 Å². The van der Waals surface area contributed by atoms with E-state index in [1.807, 2.05) is 41.8 Å². The molecule has 1 aromatic heterocycles. The van der Waals surface area contributed by atoms with Gasteiger partial charge in [0.15, 0.2) is 0 Å². The van der Waals surface area contributed by atoms with Gasteiger partial charge in [-0.2, -0.15) is 0 Å². The normalized spacial score (nSPS) is 10.9. The molecule has 0 N–H and O–H groups in total. The molecular weight excluding hydrogens is 436 g/mol. The number of methoxy groups -OCH3 is 3. The molecule has 0 saturated heterocycles. The molecule has 34 heavy (non-hydrogen) atoms. The maximum atomic E-state index is 15.3. The van der Waals surface area contributed by atoms with E-state index in [2.05, 4.69) is 0 Å². The van der Waals surface area contributed by atoms with Gasteiger partial charge >= 0.3 is 0 Å². The summed E-state index contributed by atoms with van der Waals surface area (Å²) in [5.41, 5.74) is 3.85. The fourth-order valence-corrected chi connectivity index (χ4v) is 4.15. The molecule has 0 aliphatic rings. The van der Waals surface area contributed by atoms with Crippen LogP contribution in [-0.2, 0) is 6.54 Å². The summed E-state index contributed by atoms with van der Waals surface area (Å²) in [4.78, 5) is 0. The van der Waals surface area contributed by atoms with E-state index >= 15 is 8.78 Å². The molecule has 0 unspecified atom stereocenters. The largest absolute Gasteiger partial charge is 0.497 e. The fourth-order valence-electron chi connectivity index (χ4n) is 4.15. The van der Waals surface area contributed by atoms with Crippen molar-refractivity contribution < 1.29 is 23.0 Å².